The molecule has 0 N–H and O–H groups in total. The third-order valence-corrected chi connectivity index (χ3v) is 1.22. The lowest BCUT2D eigenvalue weighted by atomic mass is 10.1. The fourth-order valence-corrected chi connectivity index (χ4v) is 0.998. The number of hydrogen-bond acceptors (Lipinski definition) is 1. The molecule has 0 saturated carbocycles. The lowest BCUT2D eigenvalue weighted by molar-refractivity contribution is 0.522. The van der Waals surface area contributed by atoms with Gasteiger partial charge >= 0.3 is 0 Å². The normalized spacial score (nSPS) is 15.2. The van der Waals surface area contributed by atoms with Gasteiger partial charge < -0.3 is 0 Å². The van der Waals surface area contributed by atoms with Gasteiger partial charge in [-0.25, -0.2) is 0 Å². The zero-order chi connectivity index (χ0) is 7.28. The molecule has 9 heavy (non-hydrogen) atoms. The van der Waals surface area contributed by atoms with Crippen LogP contribution in [0.15, 0.2) is 4.99 Å². The van der Waals surface area contributed by atoms with Crippen molar-refractivity contribution in [1.82, 2.24) is 0 Å². The van der Waals surface area contributed by atoms with E-state index in [2.05, 4.69) is 25.8 Å². The van der Waals surface area contributed by atoms with Crippen LogP contribution in [-0.4, -0.2) is 12.3 Å². The highest BCUT2D eigenvalue weighted by atomic mass is 14.7. The van der Waals surface area contributed by atoms with Crippen molar-refractivity contribution >= 4 is 6.21 Å². The van der Waals surface area contributed by atoms with Gasteiger partial charge in [0.2, 0.25) is 0 Å². The van der Waals surface area contributed by atoms with Crippen molar-refractivity contribution < 1.29 is 0 Å². The second-order valence-corrected chi connectivity index (χ2v) is 2.89. The van der Waals surface area contributed by atoms with Crippen LogP contribution in [-0.2, 0) is 0 Å². The molecule has 0 saturated heterocycles. The molecule has 0 rings (SSSR count). The average molecular weight is 127 g/mol. The average Bonchev–Trinajstić information content (AvgIpc) is 1.63. The van der Waals surface area contributed by atoms with E-state index < -0.39 is 0 Å². The third-order valence-electron chi connectivity index (χ3n) is 1.22. The van der Waals surface area contributed by atoms with E-state index in [4.69, 9.17) is 0 Å². The molecule has 0 aliphatic rings. The molecule has 0 amide bonds. The van der Waals surface area contributed by atoms with E-state index in [9.17, 15) is 0 Å². The van der Waals surface area contributed by atoms with Crippen molar-refractivity contribution in [1.29, 1.82) is 0 Å². The molecule has 0 aromatic carbocycles. The first-order chi connectivity index (χ1) is 4.16. The quantitative estimate of drug-likeness (QED) is 0.516. The molecule has 0 fully saturated rings. The van der Waals surface area contributed by atoms with Crippen LogP contribution in [0.25, 0.3) is 0 Å². The minimum Gasteiger partial charge on any atom is -0.295 e. The Morgan fingerprint density at radius 1 is 1.33 bits per heavy atom. The summed E-state index contributed by atoms with van der Waals surface area (Å²) in [4.78, 5) is 4.24. The van der Waals surface area contributed by atoms with Crippen LogP contribution in [0.3, 0.4) is 0 Å². The van der Waals surface area contributed by atoms with E-state index in [0.717, 1.165) is 5.92 Å². The minimum absolute atomic E-state index is 0.509. The summed E-state index contributed by atoms with van der Waals surface area (Å²) in [6.07, 6.45) is 3.08. The Labute approximate surface area is 58.2 Å². The molecule has 0 aromatic rings. The number of nitrogens with zero attached hydrogens (tertiary/aromatic N) is 1. The van der Waals surface area contributed by atoms with E-state index in [1.807, 2.05) is 13.1 Å². The Morgan fingerprint density at radius 3 is 2.22 bits per heavy atom. The van der Waals surface area contributed by atoms with Crippen LogP contribution in [0.4, 0.5) is 0 Å². The SMILES string of the molecule is CC=NC(C)CC(C)C. The summed E-state index contributed by atoms with van der Waals surface area (Å²) in [6.45, 7) is 8.57. The maximum absolute atomic E-state index is 4.24. The summed E-state index contributed by atoms with van der Waals surface area (Å²) in [5, 5.41) is 0. The molecule has 0 bridgehead atoms. The van der Waals surface area contributed by atoms with E-state index in [1.165, 1.54) is 6.42 Å². The first-order valence-corrected chi connectivity index (χ1v) is 3.64. The van der Waals surface area contributed by atoms with Crippen LogP contribution < -0.4 is 0 Å². The smallest absolute Gasteiger partial charge is 0.0469 e. The van der Waals surface area contributed by atoms with E-state index in [-0.39, 0.29) is 0 Å². The fraction of sp³-hybridized carbons (Fsp3) is 0.875. The van der Waals surface area contributed by atoms with E-state index in [1.54, 1.807) is 0 Å². The van der Waals surface area contributed by atoms with Crippen LogP contribution in [0.2, 0.25) is 0 Å². The van der Waals surface area contributed by atoms with Gasteiger partial charge in [0.1, 0.15) is 0 Å². The predicted molar refractivity (Wildman–Crippen MR) is 43.1 cm³/mol. The van der Waals surface area contributed by atoms with Crippen LogP contribution in [0.1, 0.15) is 34.1 Å². The van der Waals surface area contributed by atoms with Crippen LogP contribution >= 0.6 is 0 Å². The number of rotatable bonds is 3. The topological polar surface area (TPSA) is 12.4 Å². The predicted octanol–water partition coefficient (Wildman–Crippen LogP) is 2.51. The first-order valence-electron chi connectivity index (χ1n) is 3.64. The van der Waals surface area contributed by atoms with Crippen molar-refractivity contribution in [3.63, 3.8) is 0 Å². The highest BCUT2D eigenvalue weighted by molar-refractivity contribution is 5.53. The molecular formula is C8H17N. The summed E-state index contributed by atoms with van der Waals surface area (Å²) >= 11 is 0. The summed E-state index contributed by atoms with van der Waals surface area (Å²) in [7, 11) is 0. The molecule has 0 spiro atoms. The van der Waals surface area contributed by atoms with E-state index >= 15 is 0 Å². The first kappa shape index (κ1) is 8.67. The second kappa shape index (κ2) is 4.54. The molecule has 0 radical (unpaired) electrons. The lowest BCUT2D eigenvalue weighted by Crippen LogP contribution is -2.02. The van der Waals surface area contributed by atoms with Gasteiger partial charge in [0.15, 0.2) is 0 Å². The van der Waals surface area contributed by atoms with Gasteiger partial charge in [-0.3, -0.25) is 4.99 Å². The van der Waals surface area contributed by atoms with Gasteiger partial charge in [-0.1, -0.05) is 13.8 Å². The van der Waals surface area contributed by atoms with Gasteiger partial charge in [-0.15, -0.1) is 0 Å². The molecular weight excluding hydrogens is 110 g/mol. The monoisotopic (exact) mass is 127 g/mol. The highest BCUT2D eigenvalue weighted by Gasteiger charge is 1.99. The van der Waals surface area contributed by atoms with Gasteiger partial charge in [0, 0.05) is 6.04 Å². The Balaban J connectivity index is 3.38. The molecule has 1 nitrogen and oxygen atoms in total. The van der Waals surface area contributed by atoms with Crippen molar-refractivity contribution in [3.05, 3.63) is 0 Å². The number of hydrogen-bond donors (Lipinski definition) is 0. The van der Waals surface area contributed by atoms with Crippen molar-refractivity contribution in [3.8, 4) is 0 Å². The zero-order valence-electron chi connectivity index (χ0n) is 6.89. The standard InChI is InChI=1S/C8H17N/c1-5-9-8(4)6-7(2)3/h5,7-8H,6H2,1-4H3. The molecule has 0 aromatic heterocycles. The fourth-order valence-electron chi connectivity index (χ4n) is 0.998. The van der Waals surface area contributed by atoms with Crippen molar-refractivity contribution in [2.75, 3.05) is 0 Å². The molecule has 0 heterocycles. The maximum Gasteiger partial charge on any atom is 0.0469 e. The van der Waals surface area contributed by atoms with Gasteiger partial charge in [-0.05, 0) is 32.4 Å². The van der Waals surface area contributed by atoms with E-state index in [0.29, 0.717) is 6.04 Å². The molecule has 0 aliphatic carbocycles. The Kier molecular flexibility index (Phi) is 4.37. The molecule has 1 unspecified atom stereocenters. The minimum atomic E-state index is 0.509. The summed E-state index contributed by atoms with van der Waals surface area (Å²) in [6, 6.07) is 0.509. The van der Waals surface area contributed by atoms with Crippen LogP contribution in [0.5, 0.6) is 0 Å². The second-order valence-electron chi connectivity index (χ2n) is 2.89. The van der Waals surface area contributed by atoms with Crippen molar-refractivity contribution in [2.45, 2.75) is 40.2 Å². The maximum atomic E-state index is 4.24. The van der Waals surface area contributed by atoms with Crippen molar-refractivity contribution in [2.24, 2.45) is 10.9 Å². The summed E-state index contributed by atoms with van der Waals surface area (Å²) < 4.78 is 0. The number of aliphatic imine (C=N–C) groups is 1. The highest BCUT2D eigenvalue weighted by Crippen LogP contribution is 2.05. The Bertz CT molecular complexity index is 84.6. The summed E-state index contributed by atoms with van der Waals surface area (Å²) in [5.74, 6) is 0.767. The third kappa shape index (κ3) is 5.54. The Hall–Kier alpha value is -0.330. The van der Waals surface area contributed by atoms with Gasteiger partial charge in [0.05, 0.1) is 0 Å². The molecule has 0 aliphatic heterocycles. The molecule has 54 valence electrons. The molecule has 1 atom stereocenters. The lowest BCUT2D eigenvalue weighted by Gasteiger charge is -2.07. The van der Waals surface area contributed by atoms with Gasteiger partial charge in [0.25, 0.3) is 0 Å². The largest absolute Gasteiger partial charge is 0.295 e. The Morgan fingerprint density at radius 2 is 1.89 bits per heavy atom. The summed E-state index contributed by atoms with van der Waals surface area (Å²) in [5.41, 5.74) is 0. The van der Waals surface area contributed by atoms with Crippen LogP contribution in [0, 0.1) is 5.92 Å². The zero-order valence-corrected chi connectivity index (χ0v) is 6.89. The van der Waals surface area contributed by atoms with Gasteiger partial charge in [-0.2, -0.15) is 0 Å². The molecule has 1 heteroatoms.